The molecule has 0 bridgehead atoms. The highest BCUT2D eigenvalue weighted by atomic mass is 19.1. The molecule has 4 nitrogen and oxygen atoms in total. The first-order chi connectivity index (χ1) is 14.0. The van der Waals surface area contributed by atoms with Gasteiger partial charge in [-0.3, -0.25) is 9.59 Å². The van der Waals surface area contributed by atoms with Gasteiger partial charge in [0.1, 0.15) is 18.2 Å². The molecule has 29 heavy (non-hydrogen) atoms. The van der Waals surface area contributed by atoms with E-state index >= 15 is 0 Å². The first kappa shape index (κ1) is 20.2. The molecule has 0 aliphatic carbocycles. The number of halogens is 2. The van der Waals surface area contributed by atoms with E-state index in [1.165, 1.54) is 11.8 Å². The maximum atomic E-state index is 14.2. The van der Waals surface area contributed by atoms with Crippen LogP contribution in [-0.2, 0) is 16.1 Å². The molecule has 0 saturated carbocycles. The molecule has 0 heterocycles. The predicted molar refractivity (Wildman–Crippen MR) is 108 cm³/mol. The zero-order valence-corrected chi connectivity index (χ0v) is 15.9. The van der Waals surface area contributed by atoms with Crippen molar-refractivity contribution < 1.29 is 18.4 Å². The average molecular weight is 394 g/mol. The van der Waals surface area contributed by atoms with E-state index in [1.807, 2.05) is 48.5 Å². The maximum absolute atomic E-state index is 14.2. The Morgan fingerprint density at radius 1 is 0.828 bits per heavy atom. The summed E-state index contributed by atoms with van der Waals surface area (Å²) in [5, 5.41) is 0. The third-order valence-electron chi connectivity index (χ3n) is 4.43. The molecular formula is C23H20F2N2O2. The summed E-state index contributed by atoms with van der Waals surface area (Å²) in [6.07, 6.45) is 0. The van der Waals surface area contributed by atoms with E-state index < -0.39 is 17.5 Å². The lowest BCUT2D eigenvalue weighted by Gasteiger charge is -2.27. The number of carbonyl (C=O) groups excluding carboxylic acids is 2. The third-order valence-corrected chi connectivity index (χ3v) is 4.43. The van der Waals surface area contributed by atoms with E-state index in [0.29, 0.717) is 18.3 Å². The van der Waals surface area contributed by atoms with Gasteiger partial charge in [0, 0.05) is 18.7 Å². The Balaban J connectivity index is 1.90. The SMILES string of the molecule is CC(=O)N(CC(=O)N(Cc1ccccc1)c1ccccc1)c1ccc(F)cc1F. The molecule has 6 heteroatoms. The molecule has 148 valence electrons. The highest BCUT2D eigenvalue weighted by Gasteiger charge is 2.24. The minimum atomic E-state index is -0.901. The molecule has 0 unspecified atom stereocenters. The standard InChI is InChI=1S/C23H20F2N2O2/c1-17(28)26(22-13-12-19(24)14-21(22)25)16-23(29)27(20-10-6-3-7-11-20)15-18-8-4-2-5-9-18/h2-14H,15-16H2,1H3. The van der Waals surface area contributed by atoms with Gasteiger partial charge in [-0.05, 0) is 29.8 Å². The first-order valence-electron chi connectivity index (χ1n) is 9.08. The summed E-state index contributed by atoms with van der Waals surface area (Å²) in [5.41, 5.74) is 1.43. The molecule has 0 aromatic heterocycles. The van der Waals surface area contributed by atoms with E-state index in [4.69, 9.17) is 0 Å². The largest absolute Gasteiger partial charge is 0.306 e. The second kappa shape index (κ2) is 9.10. The topological polar surface area (TPSA) is 40.6 Å². The van der Waals surface area contributed by atoms with Crippen LogP contribution in [0, 0.1) is 11.6 Å². The van der Waals surface area contributed by atoms with Crippen LogP contribution in [0.5, 0.6) is 0 Å². The van der Waals surface area contributed by atoms with Crippen LogP contribution < -0.4 is 9.80 Å². The van der Waals surface area contributed by atoms with Gasteiger partial charge in [-0.15, -0.1) is 0 Å². The number of nitrogens with zero attached hydrogens (tertiary/aromatic N) is 2. The van der Waals surface area contributed by atoms with Crippen molar-refractivity contribution in [1.82, 2.24) is 0 Å². The van der Waals surface area contributed by atoms with Crippen molar-refractivity contribution in [1.29, 1.82) is 0 Å². The molecule has 0 atom stereocenters. The van der Waals surface area contributed by atoms with E-state index in [2.05, 4.69) is 0 Å². The van der Waals surface area contributed by atoms with Crippen molar-refractivity contribution in [2.75, 3.05) is 16.3 Å². The van der Waals surface area contributed by atoms with Crippen molar-refractivity contribution in [3.05, 3.63) is 96.1 Å². The quantitative estimate of drug-likeness (QED) is 0.615. The van der Waals surface area contributed by atoms with Gasteiger partial charge in [0.15, 0.2) is 0 Å². The molecule has 0 aliphatic rings. The first-order valence-corrected chi connectivity index (χ1v) is 9.08. The molecule has 0 fully saturated rings. The van der Waals surface area contributed by atoms with E-state index in [0.717, 1.165) is 22.6 Å². The Bertz CT molecular complexity index is 994. The van der Waals surface area contributed by atoms with Crippen LogP contribution in [0.15, 0.2) is 78.9 Å². The maximum Gasteiger partial charge on any atom is 0.247 e. The van der Waals surface area contributed by atoms with Crippen LogP contribution in [0.25, 0.3) is 0 Å². The smallest absolute Gasteiger partial charge is 0.247 e. The average Bonchev–Trinajstić information content (AvgIpc) is 2.72. The fraction of sp³-hybridized carbons (Fsp3) is 0.130. The van der Waals surface area contributed by atoms with Crippen molar-refractivity contribution in [3.63, 3.8) is 0 Å². The van der Waals surface area contributed by atoms with Crippen LogP contribution in [0.2, 0.25) is 0 Å². The van der Waals surface area contributed by atoms with E-state index in [-0.39, 0.29) is 18.1 Å². The van der Waals surface area contributed by atoms with Gasteiger partial charge in [0.25, 0.3) is 0 Å². The van der Waals surface area contributed by atoms with Crippen LogP contribution in [0.1, 0.15) is 12.5 Å². The van der Waals surface area contributed by atoms with Crippen molar-refractivity contribution >= 4 is 23.2 Å². The molecule has 0 N–H and O–H groups in total. The van der Waals surface area contributed by atoms with Crippen LogP contribution >= 0.6 is 0 Å². The molecule has 0 radical (unpaired) electrons. The monoisotopic (exact) mass is 394 g/mol. The zero-order chi connectivity index (χ0) is 20.8. The number of carbonyl (C=O) groups is 2. The molecule has 3 rings (SSSR count). The van der Waals surface area contributed by atoms with Crippen molar-refractivity contribution in [3.8, 4) is 0 Å². The predicted octanol–water partition coefficient (Wildman–Crippen LogP) is 4.55. The van der Waals surface area contributed by atoms with Crippen LogP contribution in [-0.4, -0.2) is 18.4 Å². The van der Waals surface area contributed by atoms with E-state index in [9.17, 15) is 18.4 Å². The van der Waals surface area contributed by atoms with Gasteiger partial charge in [-0.2, -0.15) is 0 Å². The highest BCUT2D eigenvalue weighted by molar-refractivity contribution is 6.03. The Hall–Kier alpha value is -3.54. The summed E-state index contributed by atoms with van der Waals surface area (Å²) in [7, 11) is 0. The molecule has 0 spiro atoms. The normalized spacial score (nSPS) is 10.4. The van der Waals surface area contributed by atoms with Crippen molar-refractivity contribution in [2.45, 2.75) is 13.5 Å². The van der Waals surface area contributed by atoms with E-state index in [1.54, 1.807) is 12.1 Å². The summed E-state index contributed by atoms with van der Waals surface area (Å²) >= 11 is 0. The minimum Gasteiger partial charge on any atom is -0.306 e. The van der Waals surface area contributed by atoms with Gasteiger partial charge in [0.05, 0.1) is 12.2 Å². The van der Waals surface area contributed by atoms with Crippen molar-refractivity contribution in [2.24, 2.45) is 0 Å². The molecule has 0 saturated heterocycles. The van der Waals surface area contributed by atoms with Gasteiger partial charge in [-0.25, -0.2) is 8.78 Å². The van der Waals surface area contributed by atoms with Crippen LogP contribution in [0.4, 0.5) is 20.2 Å². The lowest BCUT2D eigenvalue weighted by molar-refractivity contribution is -0.121. The molecule has 3 aromatic rings. The van der Waals surface area contributed by atoms with Gasteiger partial charge < -0.3 is 9.80 Å². The number of para-hydroxylation sites is 1. The Morgan fingerprint density at radius 3 is 2.03 bits per heavy atom. The second-order valence-electron chi connectivity index (χ2n) is 6.50. The van der Waals surface area contributed by atoms with Gasteiger partial charge >= 0.3 is 0 Å². The molecule has 2 amide bonds. The molecule has 3 aromatic carbocycles. The molecule has 0 aliphatic heterocycles. The number of hydrogen-bond donors (Lipinski definition) is 0. The lowest BCUT2D eigenvalue weighted by Crippen LogP contribution is -2.42. The second-order valence-corrected chi connectivity index (χ2v) is 6.50. The summed E-state index contributed by atoms with van der Waals surface area (Å²) in [6, 6.07) is 21.3. The minimum absolute atomic E-state index is 0.139. The number of benzene rings is 3. The number of hydrogen-bond acceptors (Lipinski definition) is 2. The Morgan fingerprint density at radius 2 is 1.45 bits per heavy atom. The Kier molecular flexibility index (Phi) is 6.34. The number of amides is 2. The summed E-state index contributed by atoms with van der Waals surface area (Å²) in [6.45, 7) is 1.15. The zero-order valence-electron chi connectivity index (χ0n) is 15.9. The number of rotatable bonds is 6. The molecular weight excluding hydrogens is 374 g/mol. The highest BCUT2D eigenvalue weighted by Crippen LogP contribution is 2.22. The number of anilines is 2. The summed E-state index contributed by atoms with van der Waals surface area (Å²) in [5.74, 6) is -2.56. The summed E-state index contributed by atoms with van der Waals surface area (Å²) in [4.78, 5) is 27.8. The van der Waals surface area contributed by atoms with Crippen LogP contribution in [0.3, 0.4) is 0 Å². The van der Waals surface area contributed by atoms with Gasteiger partial charge in [-0.1, -0.05) is 48.5 Å². The Labute approximate surface area is 168 Å². The fourth-order valence-electron chi connectivity index (χ4n) is 2.98. The van der Waals surface area contributed by atoms with Gasteiger partial charge in [0.2, 0.25) is 11.8 Å². The lowest BCUT2D eigenvalue weighted by atomic mass is 10.2. The third kappa shape index (κ3) is 5.04. The fourth-order valence-corrected chi connectivity index (χ4v) is 2.98. The summed E-state index contributed by atoms with van der Waals surface area (Å²) < 4.78 is 27.5.